The van der Waals surface area contributed by atoms with Crippen LogP contribution < -0.4 is 10.6 Å². The summed E-state index contributed by atoms with van der Waals surface area (Å²) in [5, 5.41) is 16.1. The first-order valence-electron chi connectivity index (χ1n) is 9.56. The van der Waals surface area contributed by atoms with Crippen LogP contribution in [-0.4, -0.2) is 54.3 Å². The minimum atomic E-state index is 0. The average molecular weight is 474 g/mol. The van der Waals surface area contributed by atoms with Gasteiger partial charge in [-0.25, -0.2) is 0 Å². The average Bonchev–Trinajstić information content (AvgIpc) is 2.62. The summed E-state index contributed by atoms with van der Waals surface area (Å²) >= 11 is 0. The molecule has 0 saturated carbocycles. The van der Waals surface area contributed by atoms with Crippen LogP contribution in [0.3, 0.4) is 0 Å². The van der Waals surface area contributed by atoms with Crippen molar-refractivity contribution >= 4 is 29.9 Å². The molecule has 1 aliphatic rings. The lowest BCUT2D eigenvalue weighted by Crippen LogP contribution is -2.51. The van der Waals surface area contributed by atoms with Crippen molar-refractivity contribution in [3.05, 3.63) is 35.9 Å². The predicted octanol–water partition coefficient (Wildman–Crippen LogP) is 2.84. The molecule has 0 aromatic heterocycles. The highest BCUT2D eigenvalue weighted by Crippen LogP contribution is 2.19. The second-order valence-electron chi connectivity index (χ2n) is 7.18. The van der Waals surface area contributed by atoms with Crippen molar-refractivity contribution in [3.8, 4) is 0 Å². The van der Waals surface area contributed by atoms with Gasteiger partial charge in [0, 0.05) is 44.9 Å². The minimum absolute atomic E-state index is 0. The summed E-state index contributed by atoms with van der Waals surface area (Å²) in [6, 6.07) is 11.7. The molecule has 0 radical (unpaired) electrons. The lowest BCUT2D eigenvalue weighted by atomic mass is 9.97. The van der Waals surface area contributed by atoms with Gasteiger partial charge in [-0.3, -0.25) is 9.89 Å². The number of likely N-dealkylation sites (tertiary alicyclic amines) is 1. The van der Waals surface area contributed by atoms with Crippen LogP contribution in [-0.2, 0) is 6.54 Å². The Labute approximate surface area is 175 Å². The Morgan fingerprint density at radius 2 is 2.08 bits per heavy atom. The Balaban J connectivity index is 0.00000338. The molecule has 2 rings (SSSR count). The molecule has 3 N–H and O–H groups in total. The van der Waals surface area contributed by atoms with E-state index in [1.807, 2.05) is 6.92 Å². The Hall–Kier alpha value is -0.860. The number of benzene rings is 1. The third-order valence-corrected chi connectivity index (χ3v) is 4.80. The van der Waals surface area contributed by atoms with Crippen LogP contribution in [0.25, 0.3) is 0 Å². The monoisotopic (exact) mass is 474 g/mol. The summed E-state index contributed by atoms with van der Waals surface area (Å²) < 4.78 is 0. The number of aliphatic imine (C=N–C) groups is 1. The van der Waals surface area contributed by atoms with Crippen molar-refractivity contribution in [2.75, 3.05) is 26.2 Å². The molecule has 1 fully saturated rings. The number of aliphatic hydroxyl groups is 1. The molecule has 1 saturated heterocycles. The highest BCUT2D eigenvalue weighted by atomic mass is 127. The first-order valence-corrected chi connectivity index (χ1v) is 9.56. The molecule has 3 unspecified atom stereocenters. The number of rotatable bonds is 7. The first kappa shape index (κ1) is 23.2. The van der Waals surface area contributed by atoms with Crippen molar-refractivity contribution < 1.29 is 5.11 Å². The van der Waals surface area contributed by atoms with Gasteiger partial charge in [0.25, 0.3) is 0 Å². The zero-order valence-corrected chi connectivity index (χ0v) is 18.6. The van der Waals surface area contributed by atoms with Gasteiger partial charge < -0.3 is 15.7 Å². The molecule has 5 nitrogen and oxygen atoms in total. The van der Waals surface area contributed by atoms with Gasteiger partial charge in [-0.15, -0.1) is 24.0 Å². The molecule has 0 spiro atoms. The zero-order chi connectivity index (χ0) is 18.1. The predicted molar refractivity (Wildman–Crippen MR) is 120 cm³/mol. The number of hydrogen-bond donors (Lipinski definition) is 3. The molecule has 1 aromatic carbocycles. The van der Waals surface area contributed by atoms with E-state index >= 15 is 0 Å². The molecule has 3 atom stereocenters. The molecule has 148 valence electrons. The molecule has 1 heterocycles. The first-order chi connectivity index (χ1) is 12.1. The fraction of sp³-hybridized carbons (Fsp3) is 0.650. The van der Waals surface area contributed by atoms with E-state index in [0.29, 0.717) is 18.6 Å². The molecule has 26 heavy (non-hydrogen) atoms. The lowest BCUT2D eigenvalue weighted by molar-refractivity contribution is 0.134. The molecule has 1 aromatic rings. The highest BCUT2D eigenvalue weighted by molar-refractivity contribution is 14.0. The molecular weight excluding hydrogens is 439 g/mol. The van der Waals surface area contributed by atoms with E-state index in [1.54, 1.807) is 0 Å². The zero-order valence-electron chi connectivity index (χ0n) is 16.3. The van der Waals surface area contributed by atoms with Gasteiger partial charge in [0.05, 0.1) is 0 Å². The number of hydrogen-bond acceptors (Lipinski definition) is 3. The maximum atomic E-state index is 9.17. The minimum Gasteiger partial charge on any atom is -0.396 e. The second kappa shape index (κ2) is 12.5. The van der Waals surface area contributed by atoms with Gasteiger partial charge in [-0.1, -0.05) is 37.3 Å². The summed E-state index contributed by atoms with van der Waals surface area (Å²) in [7, 11) is 0. The smallest absolute Gasteiger partial charge is 0.191 e. The van der Waals surface area contributed by atoms with Gasteiger partial charge in [0.2, 0.25) is 0 Å². The summed E-state index contributed by atoms with van der Waals surface area (Å²) in [5.74, 6) is 1.07. The Kier molecular flexibility index (Phi) is 11.2. The van der Waals surface area contributed by atoms with Crippen LogP contribution in [0.5, 0.6) is 0 Å². The number of nitrogens with zero attached hydrogens (tertiary/aromatic N) is 2. The molecule has 0 amide bonds. The largest absolute Gasteiger partial charge is 0.396 e. The van der Waals surface area contributed by atoms with Crippen molar-refractivity contribution in [2.45, 2.75) is 52.2 Å². The van der Waals surface area contributed by atoms with E-state index in [0.717, 1.165) is 38.4 Å². The maximum Gasteiger partial charge on any atom is 0.191 e. The summed E-state index contributed by atoms with van der Waals surface area (Å²) in [6.45, 7) is 10.2. The summed E-state index contributed by atoms with van der Waals surface area (Å²) in [5.41, 5.74) is 1.38. The topological polar surface area (TPSA) is 59.9 Å². The van der Waals surface area contributed by atoms with E-state index in [4.69, 9.17) is 5.11 Å². The normalized spacial score (nSPS) is 22.4. The van der Waals surface area contributed by atoms with Crippen LogP contribution >= 0.6 is 24.0 Å². The summed E-state index contributed by atoms with van der Waals surface area (Å²) in [4.78, 5) is 7.17. The molecule has 6 heteroatoms. The lowest BCUT2D eigenvalue weighted by Gasteiger charge is -2.38. The van der Waals surface area contributed by atoms with E-state index in [9.17, 15) is 0 Å². The van der Waals surface area contributed by atoms with Crippen LogP contribution in [0.15, 0.2) is 35.3 Å². The fourth-order valence-electron chi connectivity index (χ4n) is 3.22. The fourth-order valence-corrected chi connectivity index (χ4v) is 3.22. The highest BCUT2D eigenvalue weighted by Gasteiger charge is 2.25. The van der Waals surface area contributed by atoms with Crippen LogP contribution in [0.2, 0.25) is 0 Å². The number of nitrogens with one attached hydrogen (secondary N) is 2. The molecule has 0 aliphatic carbocycles. The van der Waals surface area contributed by atoms with E-state index in [-0.39, 0.29) is 36.5 Å². The Bertz CT molecular complexity index is 526. The van der Waals surface area contributed by atoms with E-state index < -0.39 is 0 Å². The van der Waals surface area contributed by atoms with Gasteiger partial charge in [-0.05, 0) is 38.2 Å². The van der Waals surface area contributed by atoms with E-state index in [2.05, 4.69) is 64.7 Å². The van der Waals surface area contributed by atoms with E-state index in [1.165, 1.54) is 5.56 Å². The van der Waals surface area contributed by atoms with Crippen LogP contribution in [0, 0.1) is 5.92 Å². The molecule has 1 aliphatic heterocycles. The third kappa shape index (κ3) is 7.80. The van der Waals surface area contributed by atoms with Crippen LogP contribution in [0.4, 0.5) is 0 Å². The number of guanidine groups is 1. The van der Waals surface area contributed by atoms with Crippen LogP contribution in [0.1, 0.15) is 39.2 Å². The Morgan fingerprint density at radius 3 is 2.69 bits per heavy atom. The standard InChI is InChI=1S/C20H34N4O.HI/c1-4-21-20(22-13-16(2)15-25)23-19-10-11-24(17(3)12-19)14-18-8-6-5-7-9-18;/h5-9,16-17,19,25H,4,10-15H2,1-3H3,(H2,21,22,23);1H. The maximum absolute atomic E-state index is 9.17. The van der Waals surface area contributed by atoms with Gasteiger partial charge in [-0.2, -0.15) is 0 Å². The number of halogens is 1. The number of piperidine rings is 1. The van der Waals surface area contributed by atoms with Crippen molar-refractivity contribution in [1.29, 1.82) is 0 Å². The quantitative estimate of drug-likeness (QED) is 0.323. The molecular formula is C20H35IN4O. The summed E-state index contributed by atoms with van der Waals surface area (Å²) in [6.07, 6.45) is 2.24. The second-order valence-corrected chi connectivity index (χ2v) is 7.18. The van der Waals surface area contributed by atoms with Gasteiger partial charge in [0.1, 0.15) is 0 Å². The van der Waals surface area contributed by atoms with Gasteiger partial charge in [0.15, 0.2) is 5.96 Å². The van der Waals surface area contributed by atoms with Gasteiger partial charge >= 0.3 is 0 Å². The van der Waals surface area contributed by atoms with Crippen molar-refractivity contribution in [3.63, 3.8) is 0 Å². The molecule has 0 bridgehead atoms. The van der Waals surface area contributed by atoms with Crippen molar-refractivity contribution in [1.82, 2.24) is 15.5 Å². The Morgan fingerprint density at radius 1 is 1.35 bits per heavy atom. The third-order valence-electron chi connectivity index (χ3n) is 4.80. The number of aliphatic hydroxyl groups excluding tert-OH is 1. The SMILES string of the molecule is CCNC(=NCC(C)CO)NC1CCN(Cc2ccccc2)C(C)C1.I. The van der Waals surface area contributed by atoms with Crippen molar-refractivity contribution in [2.24, 2.45) is 10.9 Å².